The van der Waals surface area contributed by atoms with E-state index >= 15 is 0 Å². The molecule has 288 valence electrons. The molecular formula is C43H50ClN7O4. The maximum atomic E-state index is 13.4. The third-order valence-corrected chi connectivity index (χ3v) is 10.0. The van der Waals surface area contributed by atoms with Gasteiger partial charge in [0, 0.05) is 60.7 Å². The van der Waals surface area contributed by atoms with Crippen molar-refractivity contribution in [3.05, 3.63) is 102 Å². The van der Waals surface area contributed by atoms with Gasteiger partial charge in [0.1, 0.15) is 17.3 Å². The lowest BCUT2D eigenvalue weighted by Gasteiger charge is -2.26. The predicted molar refractivity (Wildman–Crippen MR) is 219 cm³/mol. The number of likely N-dealkylation sites (tertiary alicyclic amines) is 2. The molecule has 2 aliphatic rings. The van der Waals surface area contributed by atoms with E-state index in [9.17, 15) is 14.4 Å². The highest BCUT2D eigenvalue weighted by molar-refractivity contribution is 6.62. The van der Waals surface area contributed by atoms with Crippen LogP contribution in [0, 0.1) is 6.92 Å². The number of nitrogens with one attached hydrogen (secondary N) is 2. The monoisotopic (exact) mass is 763 g/mol. The molecule has 12 heteroatoms. The first kappa shape index (κ1) is 39.3. The smallest absolute Gasteiger partial charge is 0.324 e. The van der Waals surface area contributed by atoms with Gasteiger partial charge in [-0.25, -0.2) is 9.48 Å². The maximum absolute atomic E-state index is 13.4. The van der Waals surface area contributed by atoms with E-state index in [2.05, 4.69) is 36.4 Å². The van der Waals surface area contributed by atoms with Crippen LogP contribution in [0.2, 0.25) is 0 Å². The van der Waals surface area contributed by atoms with Gasteiger partial charge in [0.05, 0.1) is 29.2 Å². The Bertz CT molecular complexity index is 2110. The fourth-order valence-electron chi connectivity index (χ4n) is 6.68. The summed E-state index contributed by atoms with van der Waals surface area (Å²) in [7, 11) is 0. The van der Waals surface area contributed by atoms with Crippen LogP contribution in [0.15, 0.2) is 85.1 Å². The molecule has 4 amide bonds. The van der Waals surface area contributed by atoms with Gasteiger partial charge in [-0.15, -0.1) is 0 Å². The van der Waals surface area contributed by atoms with Crippen LogP contribution in [-0.2, 0) is 16.6 Å². The molecule has 0 spiro atoms. The summed E-state index contributed by atoms with van der Waals surface area (Å²) < 4.78 is 8.08. The van der Waals surface area contributed by atoms with E-state index in [4.69, 9.17) is 21.4 Å². The minimum atomic E-state index is -0.385. The largest absolute Gasteiger partial charge is 0.457 e. The molecule has 2 fully saturated rings. The topological polar surface area (TPSA) is 122 Å². The average molecular weight is 764 g/mol. The van der Waals surface area contributed by atoms with Gasteiger partial charge >= 0.3 is 11.4 Å². The van der Waals surface area contributed by atoms with Crippen LogP contribution >= 0.6 is 11.6 Å². The number of fused-ring (bicyclic) bond motifs is 1. The number of ether oxygens (including phenoxy) is 1. The Balaban J connectivity index is 0.000000502. The number of rotatable bonds is 7. The van der Waals surface area contributed by atoms with Crippen LogP contribution in [-0.4, -0.2) is 68.0 Å². The van der Waals surface area contributed by atoms with Crippen molar-refractivity contribution in [1.29, 1.82) is 0 Å². The van der Waals surface area contributed by atoms with Gasteiger partial charge in [0.25, 0.3) is 0 Å². The predicted octanol–water partition coefficient (Wildman–Crippen LogP) is 9.85. The molecule has 0 aliphatic carbocycles. The standard InChI is InChI=1S/C37H40N6O3.C6H10ClNO/c1-25-12-14-27(15-13-25)43-34(24-33(41-43)37(2,3)4)40-36(45)39-31-16-17-32(30-11-7-6-10-29(30)31)46-28-18-19-38-26(22-28)23-35(44)42-20-8-5-9-21-42;7-6(9)8-4-2-1-3-5-8/h6-7,10-19,22,24H,5,8-9,20-21,23H2,1-4H3,(H2,39,40,45);1-5H2. The summed E-state index contributed by atoms with van der Waals surface area (Å²) >= 11 is 5.24. The lowest BCUT2D eigenvalue weighted by Crippen LogP contribution is -2.36. The molecule has 0 unspecified atom stereocenters. The van der Waals surface area contributed by atoms with Crippen LogP contribution in [0.3, 0.4) is 0 Å². The second-order valence-electron chi connectivity index (χ2n) is 15.2. The molecule has 2 N–H and O–H groups in total. The Hall–Kier alpha value is -5.42. The first-order chi connectivity index (χ1) is 26.4. The lowest BCUT2D eigenvalue weighted by atomic mass is 9.92. The maximum Gasteiger partial charge on any atom is 0.324 e. The van der Waals surface area contributed by atoms with Gasteiger partial charge < -0.3 is 19.9 Å². The molecule has 0 atom stereocenters. The van der Waals surface area contributed by atoms with E-state index in [1.807, 2.05) is 84.6 Å². The average Bonchev–Trinajstić information content (AvgIpc) is 3.61. The molecule has 0 saturated carbocycles. The minimum Gasteiger partial charge on any atom is -0.457 e. The molecule has 2 saturated heterocycles. The summed E-state index contributed by atoms with van der Waals surface area (Å²) in [6.07, 6.45) is 8.66. The third-order valence-electron chi connectivity index (χ3n) is 9.79. The lowest BCUT2D eigenvalue weighted by molar-refractivity contribution is -0.131. The molecular weight excluding hydrogens is 714 g/mol. The van der Waals surface area contributed by atoms with Crippen molar-refractivity contribution in [3.8, 4) is 17.2 Å². The zero-order valence-corrected chi connectivity index (χ0v) is 32.9. The molecule has 5 aromatic rings. The van der Waals surface area contributed by atoms with Gasteiger partial charge in [-0.3, -0.25) is 19.9 Å². The number of urea groups is 1. The van der Waals surface area contributed by atoms with Crippen molar-refractivity contribution in [2.45, 2.75) is 78.1 Å². The highest BCUT2D eigenvalue weighted by atomic mass is 35.5. The number of hydrogen-bond acceptors (Lipinski definition) is 6. The molecule has 4 heterocycles. The SMILES string of the molecule is Cc1ccc(-n2nc(C(C)(C)C)cc2NC(=O)Nc2ccc(Oc3ccnc(CC(=O)N4CCCCC4)c3)c3ccccc23)cc1.O=C(Cl)N1CCCCC1. The summed E-state index contributed by atoms with van der Waals surface area (Å²) in [6.45, 7) is 11.6. The van der Waals surface area contributed by atoms with Gasteiger partial charge in [0.2, 0.25) is 5.91 Å². The molecule has 2 aliphatic heterocycles. The van der Waals surface area contributed by atoms with E-state index < -0.39 is 0 Å². The van der Waals surface area contributed by atoms with Gasteiger partial charge in [-0.2, -0.15) is 5.10 Å². The Morgan fingerprint density at radius 3 is 2.07 bits per heavy atom. The Kier molecular flexibility index (Phi) is 12.7. The number of halogens is 1. The van der Waals surface area contributed by atoms with Crippen molar-refractivity contribution >= 4 is 51.2 Å². The summed E-state index contributed by atoms with van der Waals surface area (Å²) in [6, 6.07) is 24.6. The number of nitrogens with zero attached hydrogens (tertiary/aromatic N) is 5. The third kappa shape index (κ3) is 10.4. The molecule has 7 rings (SSSR count). The normalized spacial score (nSPS) is 14.5. The number of hydrogen-bond donors (Lipinski definition) is 2. The molecule has 2 aromatic heterocycles. The fraction of sp³-hybridized carbons (Fsp3) is 0.372. The minimum absolute atomic E-state index is 0.0973. The number of aromatic nitrogens is 3. The van der Waals surface area contributed by atoms with E-state index in [0.29, 0.717) is 28.7 Å². The van der Waals surface area contributed by atoms with Crippen LogP contribution < -0.4 is 15.4 Å². The molecule has 0 bridgehead atoms. The van der Waals surface area contributed by atoms with Crippen molar-refractivity contribution in [1.82, 2.24) is 24.6 Å². The van der Waals surface area contributed by atoms with Gasteiger partial charge in [-0.05, 0) is 87.4 Å². The molecule has 3 aromatic carbocycles. The quantitative estimate of drug-likeness (QED) is 0.126. The number of pyridine rings is 1. The molecule has 55 heavy (non-hydrogen) atoms. The number of anilines is 2. The Labute approximate surface area is 328 Å². The zero-order chi connectivity index (χ0) is 39.0. The van der Waals surface area contributed by atoms with Crippen LogP contribution in [0.1, 0.15) is 76.2 Å². The van der Waals surface area contributed by atoms with Gasteiger partial charge in [-0.1, -0.05) is 62.7 Å². The van der Waals surface area contributed by atoms with Crippen LogP contribution in [0.25, 0.3) is 16.5 Å². The number of benzene rings is 3. The van der Waals surface area contributed by atoms with Crippen molar-refractivity contribution in [3.63, 3.8) is 0 Å². The number of aryl methyl sites for hydroxylation is 1. The summed E-state index contributed by atoms with van der Waals surface area (Å²) in [5.74, 6) is 1.90. The van der Waals surface area contributed by atoms with Crippen LogP contribution in [0.5, 0.6) is 11.5 Å². The first-order valence-electron chi connectivity index (χ1n) is 19.1. The highest BCUT2D eigenvalue weighted by Gasteiger charge is 2.22. The van der Waals surface area contributed by atoms with E-state index in [-0.39, 0.29) is 29.1 Å². The number of carbonyl (C=O) groups excluding carboxylic acids is 3. The number of amides is 4. The van der Waals surface area contributed by atoms with Crippen molar-refractivity contribution in [2.24, 2.45) is 0 Å². The van der Waals surface area contributed by atoms with Crippen molar-refractivity contribution < 1.29 is 19.1 Å². The Morgan fingerprint density at radius 2 is 1.44 bits per heavy atom. The zero-order valence-electron chi connectivity index (χ0n) is 32.1. The summed E-state index contributed by atoms with van der Waals surface area (Å²) in [5, 5.41) is 12.2. The fourth-order valence-corrected chi connectivity index (χ4v) is 6.85. The number of carbonyl (C=O) groups is 3. The highest BCUT2D eigenvalue weighted by Crippen LogP contribution is 2.35. The van der Waals surface area contributed by atoms with E-state index in [1.54, 1.807) is 21.8 Å². The van der Waals surface area contributed by atoms with Crippen LogP contribution in [0.4, 0.5) is 21.1 Å². The summed E-state index contributed by atoms with van der Waals surface area (Å²) in [4.78, 5) is 44.7. The second kappa shape index (κ2) is 17.8. The van der Waals surface area contributed by atoms with Gasteiger partial charge in [0.15, 0.2) is 0 Å². The first-order valence-corrected chi connectivity index (χ1v) is 19.4. The molecule has 0 radical (unpaired) electrons. The van der Waals surface area contributed by atoms with Crippen molar-refractivity contribution in [2.75, 3.05) is 36.8 Å². The Morgan fingerprint density at radius 1 is 0.782 bits per heavy atom. The summed E-state index contributed by atoms with van der Waals surface area (Å²) in [5.41, 5.74) is 3.98. The second-order valence-corrected chi connectivity index (χ2v) is 15.5. The van der Waals surface area contributed by atoms with E-state index in [1.165, 1.54) is 12.8 Å². The molecule has 11 nitrogen and oxygen atoms in total. The number of piperidine rings is 2. The van der Waals surface area contributed by atoms with E-state index in [0.717, 1.165) is 79.6 Å².